The van der Waals surface area contributed by atoms with Crippen LogP contribution in [-0.4, -0.2) is 22.0 Å². The summed E-state index contributed by atoms with van der Waals surface area (Å²) in [5.74, 6) is -1.09. The van der Waals surface area contributed by atoms with Gasteiger partial charge in [0.15, 0.2) is 5.76 Å². The number of fused-ring (bicyclic) bond motifs is 1. The lowest BCUT2D eigenvalue weighted by Crippen LogP contribution is -2.12. The van der Waals surface area contributed by atoms with Crippen molar-refractivity contribution in [1.29, 1.82) is 0 Å². The highest BCUT2D eigenvalue weighted by atomic mass is 16.4. The number of aromatic carboxylic acids is 1. The molecule has 2 N–H and O–H groups in total. The Kier molecular flexibility index (Phi) is 3.12. The van der Waals surface area contributed by atoms with Gasteiger partial charge in [-0.2, -0.15) is 0 Å². The van der Waals surface area contributed by atoms with E-state index in [-0.39, 0.29) is 17.1 Å². The van der Waals surface area contributed by atoms with Gasteiger partial charge in [0.1, 0.15) is 11.4 Å². The van der Waals surface area contributed by atoms with Crippen LogP contribution in [0.15, 0.2) is 53.1 Å². The molecule has 0 bridgehead atoms. The van der Waals surface area contributed by atoms with E-state index in [9.17, 15) is 9.59 Å². The minimum atomic E-state index is -1.07. The molecule has 6 nitrogen and oxygen atoms in total. The Bertz CT molecular complexity index is 788. The Morgan fingerprint density at radius 2 is 1.95 bits per heavy atom. The molecule has 0 unspecified atom stereocenters. The van der Waals surface area contributed by atoms with Crippen molar-refractivity contribution in [2.75, 3.05) is 5.32 Å². The fourth-order valence-electron chi connectivity index (χ4n) is 1.87. The molecule has 0 atom stereocenters. The molecule has 1 aromatic carbocycles. The zero-order valence-corrected chi connectivity index (χ0v) is 10.7. The molecule has 0 spiro atoms. The number of hydrogen-bond acceptors (Lipinski definition) is 4. The van der Waals surface area contributed by atoms with Crippen LogP contribution in [0.25, 0.3) is 11.0 Å². The Balaban J connectivity index is 1.80. The number of carbonyl (C=O) groups is 2. The van der Waals surface area contributed by atoms with E-state index in [0.717, 1.165) is 5.39 Å². The van der Waals surface area contributed by atoms with Crippen LogP contribution in [0.3, 0.4) is 0 Å². The van der Waals surface area contributed by atoms with Crippen LogP contribution in [0, 0.1) is 0 Å². The van der Waals surface area contributed by atoms with Gasteiger partial charge in [0, 0.05) is 11.6 Å². The molecule has 1 amide bonds. The Hall–Kier alpha value is -3.15. The first-order valence-electron chi connectivity index (χ1n) is 6.13. The number of carboxylic acid groups (broad SMARTS) is 1. The molecule has 0 radical (unpaired) electrons. The van der Waals surface area contributed by atoms with E-state index in [4.69, 9.17) is 9.52 Å². The quantitative estimate of drug-likeness (QED) is 0.770. The van der Waals surface area contributed by atoms with Crippen molar-refractivity contribution in [3.8, 4) is 0 Å². The number of hydrogen-bond donors (Lipinski definition) is 2. The lowest BCUT2D eigenvalue weighted by Gasteiger charge is -2.02. The number of nitrogens with zero attached hydrogens (tertiary/aromatic N) is 1. The molecule has 104 valence electrons. The van der Waals surface area contributed by atoms with E-state index in [2.05, 4.69) is 10.3 Å². The highest BCUT2D eigenvalue weighted by Gasteiger charge is 2.13. The number of carboxylic acids is 1. The first kappa shape index (κ1) is 12.9. The highest BCUT2D eigenvalue weighted by molar-refractivity contribution is 6.04. The van der Waals surface area contributed by atoms with Crippen molar-refractivity contribution >= 4 is 28.7 Å². The Labute approximate surface area is 119 Å². The second-order valence-corrected chi connectivity index (χ2v) is 4.34. The van der Waals surface area contributed by atoms with Crippen molar-refractivity contribution in [3.05, 3.63) is 60.0 Å². The summed E-state index contributed by atoms with van der Waals surface area (Å²) in [4.78, 5) is 26.6. The topological polar surface area (TPSA) is 92.4 Å². The third-order valence-corrected chi connectivity index (χ3v) is 2.90. The molecule has 0 aliphatic carbocycles. The summed E-state index contributed by atoms with van der Waals surface area (Å²) < 4.78 is 5.43. The normalized spacial score (nSPS) is 10.5. The molecule has 6 heteroatoms. The molecule has 21 heavy (non-hydrogen) atoms. The van der Waals surface area contributed by atoms with Gasteiger partial charge in [0.25, 0.3) is 5.91 Å². The van der Waals surface area contributed by atoms with Crippen molar-refractivity contribution in [2.45, 2.75) is 0 Å². The summed E-state index contributed by atoms with van der Waals surface area (Å²) in [6.07, 6.45) is 1.18. The molecule has 2 heterocycles. The predicted molar refractivity (Wildman–Crippen MR) is 75.4 cm³/mol. The number of rotatable bonds is 3. The third kappa shape index (κ3) is 2.59. The Morgan fingerprint density at radius 3 is 2.62 bits per heavy atom. The molecule has 2 aromatic heterocycles. The number of para-hydroxylation sites is 1. The molecule has 0 aliphatic rings. The van der Waals surface area contributed by atoms with Crippen LogP contribution in [0.1, 0.15) is 20.9 Å². The van der Waals surface area contributed by atoms with Crippen LogP contribution < -0.4 is 5.32 Å². The zero-order valence-electron chi connectivity index (χ0n) is 10.7. The second kappa shape index (κ2) is 5.09. The van der Waals surface area contributed by atoms with Crippen LogP contribution in [0.2, 0.25) is 0 Å². The predicted octanol–water partition coefficient (Wildman–Crippen LogP) is 2.78. The molecule has 3 aromatic rings. The van der Waals surface area contributed by atoms with Crippen LogP contribution in [0.5, 0.6) is 0 Å². The summed E-state index contributed by atoms with van der Waals surface area (Å²) in [5, 5.41) is 12.2. The standard InChI is InChI=1S/C15H10N2O4/c18-14(12-7-9-3-1-2-4-11(9)21-12)17-13-6-5-10(8-16-13)15(19)20/h1-8H,(H,19,20)(H,16,17,18). The van der Waals surface area contributed by atoms with Gasteiger partial charge in [-0.1, -0.05) is 18.2 Å². The van der Waals surface area contributed by atoms with Gasteiger partial charge in [0.05, 0.1) is 5.56 Å². The van der Waals surface area contributed by atoms with E-state index in [0.29, 0.717) is 5.58 Å². The monoisotopic (exact) mass is 282 g/mol. The van der Waals surface area contributed by atoms with E-state index in [1.165, 1.54) is 18.3 Å². The second-order valence-electron chi connectivity index (χ2n) is 4.34. The summed E-state index contributed by atoms with van der Waals surface area (Å²) in [5.41, 5.74) is 0.675. The fraction of sp³-hybridized carbons (Fsp3) is 0. The lowest BCUT2D eigenvalue weighted by atomic mass is 10.2. The number of pyridine rings is 1. The summed E-state index contributed by atoms with van der Waals surface area (Å²) >= 11 is 0. The number of benzene rings is 1. The SMILES string of the molecule is O=C(O)c1ccc(NC(=O)c2cc3ccccc3o2)nc1. The molecule has 3 rings (SSSR count). The molecule has 0 aliphatic heterocycles. The lowest BCUT2D eigenvalue weighted by molar-refractivity contribution is 0.0696. The number of nitrogens with one attached hydrogen (secondary N) is 1. The highest BCUT2D eigenvalue weighted by Crippen LogP contribution is 2.19. The molecular weight excluding hydrogens is 272 g/mol. The average Bonchev–Trinajstić information content (AvgIpc) is 2.92. The van der Waals surface area contributed by atoms with Crippen LogP contribution >= 0.6 is 0 Å². The first-order chi connectivity index (χ1) is 10.1. The van der Waals surface area contributed by atoms with Crippen LogP contribution in [0.4, 0.5) is 5.82 Å². The zero-order chi connectivity index (χ0) is 14.8. The van der Waals surface area contributed by atoms with E-state index >= 15 is 0 Å². The molecule has 0 saturated heterocycles. The largest absolute Gasteiger partial charge is 0.478 e. The summed E-state index contributed by atoms with van der Waals surface area (Å²) in [7, 11) is 0. The van der Waals surface area contributed by atoms with Gasteiger partial charge in [-0.25, -0.2) is 9.78 Å². The summed E-state index contributed by atoms with van der Waals surface area (Å²) in [6, 6.07) is 11.7. The number of anilines is 1. The van der Waals surface area contributed by atoms with E-state index in [1.54, 1.807) is 12.1 Å². The van der Waals surface area contributed by atoms with Gasteiger partial charge in [-0.15, -0.1) is 0 Å². The minimum Gasteiger partial charge on any atom is -0.478 e. The van der Waals surface area contributed by atoms with Crippen molar-refractivity contribution < 1.29 is 19.1 Å². The fourth-order valence-corrected chi connectivity index (χ4v) is 1.87. The third-order valence-electron chi connectivity index (χ3n) is 2.90. The van der Waals surface area contributed by atoms with Gasteiger partial charge in [0.2, 0.25) is 0 Å². The Morgan fingerprint density at radius 1 is 1.14 bits per heavy atom. The van der Waals surface area contributed by atoms with Crippen molar-refractivity contribution in [3.63, 3.8) is 0 Å². The van der Waals surface area contributed by atoms with Crippen LogP contribution in [-0.2, 0) is 0 Å². The van der Waals surface area contributed by atoms with E-state index < -0.39 is 11.9 Å². The average molecular weight is 282 g/mol. The summed E-state index contributed by atoms with van der Waals surface area (Å²) in [6.45, 7) is 0. The molecular formula is C15H10N2O4. The molecule has 0 fully saturated rings. The maximum atomic E-state index is 12.0. The van der Waals surface area contributed by atoms with Gasteiger partial charge < -0.3 is 14.8 Å². The minimum absolute atomic E-state index is 0.0525. The number of amides is 1. The maximum Gasteiger partial charge on any atom is 0.337 e. The van der Waals surface area contributed by atoms with Gasteiger partial charge >= 0.3 is 5.97 Å². The van der Waals surface area contributed by atoms with Crippen molar-refractivity contribution in [2.24, 2.45) is 0 Å². The number of furan rings is 1. The molecule has 0 saturated carbocycles. The van der Waals surface area contributed by atoms with E-state index in [1.807, 2.05) is 18.2 Å². The van der Waals surface area contributed by atoms with Gasteiger partial charge in [-0.3, -0.25) is 4.79 Å². The smallest absolute Gasteiger partial charge is 0.337 e. The van der Waals surface area contributed by atoms with Crippen molar-refractivity contribution in [1.82, 2.24) is 4.98 Å². The first-order valence-corrected chi connectivity index (χ1v) is 6.13. The number of aromatic nitrogens is 1. The number of carbonyl (C=O) groups excluding carboxylic acids is 1. The van der Waals surface area contributed by atoms with Gasteiger partial charge in [-0.05, 0) is 24.3 Å². The maximum absolute atomic E-state index is 12.0.